The van der Waals surface area contributed by atoms with Crippen LogP contribution in [0, 0.1) is 6.92 Å². The molecule has 0 spiro atoms. The summed E-state index contributed by atoms with van der Waals surface area (Å²) in [7, 11) is 0. The van der Waals surface area contributed by atoms with E-state index in [2.05, 4.69) is 189 Å². The maximum atomic E-state index is 6.85. The van der Waals surface area contributed by atoms with Crippen molar-refractivity contribution in [2.75, 3.05) is 0 Å². The third-order valence-corrected chi connectivity index (χ3v) is 11.0. The minimum Gasteiger partial charge on any atom is -0.457 e. The van der Waals surface area contributed by atoms with E-state index in [1.54, 1.807) is 0 Å². The summed E-state index contributed by atoms with van der Waals surface area (Å²) in [6, 6.07) is 53.8. The molecule has 57 heavy (non-hydrogen) atoms. The zero-order valence-electron chi connectivity index (χ0n) is 33.2. The van der Waals surface area contributed by atoms with Crippen molar-refractivity contribution in [3.63, 3.8) is 0 Å². The third-order valence-electron chi connectivity index (χ3n) is 11.0. The van der Waals surface area contributed by atoms with E-state index in [1.165, 1.54) is 50.0 Å². The highest BCUT2D eigenvalue weighted by molar-refractivity contribution is 6.09. The third kappa shape index (κ3) is 6.59. The lowest BCUT2D eigenvalue weighted by Gasteiger charge is -2.18. The fourth-order valence-corrected chi connectivity index (χ4v) is 8.28. The molecule has 3 aromatic heterocycles. The molecule has 5 nitrogen and oxygen atoms in total. The normalized spacial score (nSPS) is 11.5. The molecule has 0 atom stereocenters. The molecule has 0 bridgehead atoms. The zero-order chi connectivity index (χ0) is 39.0. The lowest BCUT2D eigenvalue weighted by Crippen LogP contribution is -2.04. The SMILES string of the molecule is CCc1nn(-c2cc(Oc3ccc4c5ccccc5n(-c5cc(C)ccn5)c4c3)cc(C(C)C)c2)c(CC)c1-c1c(-c2ccccc2)cccc1-c1ccccc1. The summed E-state index contributed by atoms with van der Waals surface area (Å²) in [5, 5.41) is 7.78. The largest absolute Gasteiger partial charge is 0.457 e. The Kier molecular flexibility index (Phi) is 9.51. The van der Waals surface area contributed by atoms with Gasteiger partial charge in [0.25, 0.3) is 0 Å². The number of pyridine rings is 1. The molecular formula is C52H46N4O. The maximum Gasteiger partial charge on any atom is 0.137 e. The Morgan fingerprint density at radius 2 is 1.28 bits per heavy atom. The predicted molar refractivity (Wildman–Crippen MR) is 236 cm³/mol. The van der Waals surface area contributed by atoms with Crippen LogP contribution < -0.4 is 4.74 Å². The molecular weight excluding hydrogens is 697 g/mol. The van der Waals surface area contributed by atoms with Gasteiger partial charge < -0.3 is 4.74 Å². The number of hydrogen-bond donors (Lipinski definition) is 0. The second-order valence-electron chi connectivity index (χ2n) is 15.1. The number of fused-ring (bicyclic) bond motifs is 3. The van der Waals surface area contributed by atoms with Crippen LogP contribution in [-0.4, -0.2) is 19.3 Å². The van der Waals surface area contributed by atoms with Crippen LogP contribution in [0.3, 0.4) is 0 Å². The van der Waals surface area contributed by atoms with Crippen LogP contribution in [-0.2, 0) is 12.8 Å². The van der Waals surface area contributed by atoms with Crippen molar-refractivity contribution in [3.05, 3.63) is 180 Å². The molecule has 280 valence electrons. The highest BCUT2D eigenvalue weighted by Gasteiger charge is 2.25. The van der Waals surface area contributed by atoms with Crippen molar-refractivity contribution in [1.82, 2.24) is 19.3 Å². The van der Waals surface area contributed by atoms with Gasteiger partial charge in [-0.15, -0.1) is 0 Å². The fourth-order valence-electron chi connectivity index (χ4n) is 8.28. The minimum absolute atomic E-state index is 0.277. The van der Waals surface area contributed by atoms with Crippen molar-refractivity contribution >= 4 is 21.8 Å². The summed E-state index contributed by atoms with van der Waals surface area (Å²) in [6.07, 6.45) is 3.47. The number of aryl methyl sites for hydroxylation is 2. The average molecular weight is 743 g/mol. The summed E-state index contributed by atoms with van der Waals surface area (Å²) in [5.74, 6) is 2.71. The Morgan fingerprint density at radius 1 is 0.596 bits per heavy atom. The molecule has 0 aliphatic heterocycles. The number of rotatable bonds is 10. The van der Waals surface area contributed by atoms with E-state index in [0.29, 0.717) is 0 Å². The van der Waals surface area contributed by atoms with Crippen LogP contribution in [0.1, 0.15) is 56.1 Å². The number of hydrogen-bond acceptors (Lipinski definition) is 3. The average Bonchev–Trinajstić information content (AvgIpc) is 3.79. The van der Waals surface area contributed by atoms with Gasteiger partial charge in [-0.2, -0.15) is 5.10 Å². The lowest BCUT2D eigenvalue weighted by molar-refractivity contribution is 0.481. The fraction of sp³-hybridized carbons (Fsp3) is 0.154. The highest BCUT2D eigenvalue weighted by Crippen LogP contribution is 2.44. The van der Waals surface area contributed by atoms with Gasteiger partial charge >= 0.3 is 0 Å². The molecule has 9 rings (SSSR count). The van der Waals surface area contributed by atoms with Crippen LogP contribution in [0.5, 0.6) is 11.5 Å². The molecule has 6 aromatic carbocycles. The van der Waals surface area contributed by atoms with Crippen LogP contribution >= 0.6 is 0 Å². The molecule has 3 heterocycles. The van der Waals surface area contributed by atoms with Crippen LogP contribution in [0.4, 0.5) is 0 Å². The molecule has 0 saturated carbocycles. The molecule has 9 aromatic rings. The molecule has 0 N–H and O–H groups in total. The zero-order valence-corrected chi connectivity index (χ0v) is 33.2. The van der Waals surface area contributed by atoms with Crippen LogP contribution in [0.15, 0.2) is 158 Å². The standard InChI is InChI=1S/C52H46N4O/c1-6-46-52(51-42(36-17-10-8-11-18-36)22-16-23-43(51)37-19-12-9-13-20-37)47(7-2)56(54-46)39-30-38(34(3)4)31-41(32-39)57-40-25-26-45-44-21-14-15-24-48(44)55(49(45)33-40)50-29-35(5)27-28-53-50/h8-34H,6-7H2,1-5H3. The van der Waals surface area contributed by atoms with Gasteiger partial charge in [0.2, 0.25) is 0 Å². The van der Waals surface area contributed by atoms with Gasteiger partial charge in [0.1, 0.15) is 17.3 Å². The number of aromatic nitrogens is 4. The second-order valence-corrected chi connectivity index (χ2v) is 15.1. The molecule has 0 radical (unpaired) electrons. The lowest BCUT2D eigenvalue weighted by atomic mass is 9.86. The van der Waals surface area contributed by atoms with E-state index in [0.717, 1.165) is 63.5 Å². The van der Waals surface area contributed by atoms with E-state index >= 15 is 0 Å². The van der Waals surface area contributed by atoms with Gasteiger partial charge in [-0.3, -0.25) is 4.57 Å². The Balaban J connectivity index is 1.20. The first-order chi connectivity index (χ1) is 27.9. The molecule has 0 amide bonds. The summed E-state index contributed by atoms with van der Waals surface area (Å²) in [4.78, 5) is 4.78. The van der Waals surface area contributed by atoms with Crippen molar-refractivity contribution in [2.45, 2.75) is 53.4 Å². The van der Waals surface area contributed by atoms with Gasteiger partial charge in [-0.05, 0) is 102 Å². The molecule has 0 aliphatic carbocycles. The quantitative estimate of drug-likeness (QED) is 0.140. The van der Waals surface area contributed by atoms with E-state index in [1.807, 2.05) is 12.3 Å². The van der Waals surface area contributed by atoms with Crippen molar-refractivity contribution in [1.29, 1.82) is 0 Å². The van der Waals surface area contributed by atoms with Crippen LogP contribution in [0.25, 0.3) is 66.7 Å². The Morgan fingerprint density at radius 3 is 1.95 bits per heavy atom. The summed E-state index contributed by atoms with van der Waals surface area (Å²) in [6.45, 7) is 11.0. The van der Waals surface area contributed by atoms with Crippen molar-refractivity contribution in [2.24, 2.45) is 0 Å². The van der Waals surface area contributed by atoms with Crippen LogP contribution in [0.2, 0.25) is 0 Å². The number of para-hydroxylation sites is 1. The molecule has 0 unspecified atom stereocenters. The van der Waals surface area contributed by atoms with Gasteiger partial charge in [-0.1, -0.05) is 125 Å². The predicted octanol–water partition coefficient (Wildman–Crippen LogP) is 13.7. The van der Waals surface area contributed by atoms with Gasteiger partial charge in [-0.25, -0.2) is 9.67 Å². The van der Waals surface area contributed by atoms with Gasteiger partial charge in [0, 0.05) is 40.2 Å². The first-order valence-corrected chi connectivity index (χ1v) is 20.1. The van der Waals surface area contributed by atoms with Crippen molar-refractivity contribution in [3.8, 4) is 56.4 Å². The monoisotopic (exact) mass is 742 g/mol. The minimum atomic E-state index is 0.277. The Labute approximate surface area is 334 Å². The van der Waals surface area contributed by atoms with Crippen molar-refractivity contribution < 1.29 is 4.74 Å². The van der Waals surface area contributed by atoms with E-state index in [9.17, 15) is 0 Å². The number of benzene rings is 6. The summed E-state index contributed by atoms with van der Waals surface area (Å²) < 4.78 is 11.3. The Hall–Kier alpha value is -6.72. The number of nitrogens with zero attached hydrogens (tertiary/aromatic N) is 4. The first-order valence-electron chi connectivity index (χ1n) is 20.1. The first kappa shape index (κ1) is 35.9. The van der Waals surface area contributed by atoms with Gasteiger partial charge in [0.05, 0.1) is 28.1 Å². The number of ether oxygens (including phenoxy) is 1. The van der Waals surface area contributed by atoms with E-state index in [-0.39, 0.29) is 5.92 Å². The molecule has 0 aliphatic rings. The van der Waals surface area contributed by atoms with E-state index < -0.39 is 0 Å². The Bertz CT molecular complexity index is 2830. The van der Waals surface area contributed by atoms with E-state index in [4.69, 9.17) is 14.8 Å². The van der Waals surface area contributed by atoms with Gasteiger partial charge in [0.15, 0.2) is 0 Å². The smallest absolute Gasteiger partial charge is 0.137 e. The summed E-state index contributed by atoms with van der Waals surface area (Å²) in [5.41, 5.74) is 15.0. The molecule has 5 heteroatoms. The second kappa shape index (κ2) is 15.1. The maximum absolute atomic E-state index is 6.85. The molecule has 0 saturated heterocycles. The highest BCUT2D eigenvalue weighted by atomic mass is 16.5. The topological polar surface area (TPSA) is 44.9 Å². The molecule has 0 fully saturated rings. The summed E-state index contributed by atoms with van der Waals surface area (Å²) >= 11 is 0.